The van der Waals surface area contributed by atoms with Gasteiger partial charge in [0.2, 0.25) is 10.0 Å². The molecule has 1 aliphatic rings. The second kappa shape index (κ2) is 6.45. The Labute approximate surface area is 131 Å². The second-order valence-corrected chi connectivity index (χ2v) is 7.10. The molecule has 116 valence electrons. The van der Waals surface area contributed by atoms with Crippen LogP contribution >= 0.6 is 23.2 Å². The summed E-state index contributed by atoms with van der Waals surface area (Å²) in [5, 5.41) is 13.3. The van der Waals surface area contributed by atoms with E-state index >= 15 is 0 Å². The first-order valence-corrected chi connectivity index (χ1v) is 8.42. The molecule has 2 rings (SSSR count). The number of halogens is 2. The van der Waals surface area contributed by atoms with Gasteiger partial charge >= 0.3 is 5.69 Å². The predicted molar refractivity (Wildman–Crippen MR) is 79.3 cm³/mol. The fraction of sp³-hybridized carbons (Fsp3) is 0.455. The van der Waals surface area contributed by atoms with E-state index in [2.05, 4.69) is 10.0 Å². The van der Waals surface area contributed by atoms with E-state index in [1.807, 2.05) is 0 Å². The maximum Gasteiger partial charge on any atom is 0.307 e. The summed E-state index contributed by atoms with van der Waals surface area (Å²) in [6.45, 7) is 1.35. The number of hydrogen-bond acceptors (Lipinski definition) is 5. The molecule has 0 amide bonds. The molecule has 1 fully saturated rings. The molecule has 0 spiro atoms. The zero-order valence-corrected chi connectivity index (χ0v) is 13.1. The van der Waals surface area contributed by atoms with Gasteiger partial charge in [0.15, 0.2) is 0 Å². The minimum Gasteiger partial charge on any atom is -0.315 e. The lowest BCUT2D eigenvalue weighted by molar-refractivity contribution is -0.384. The Balaban J connectivity index is 2.36. The van der Waals surface area contributed by atoms with Crippen LogP contribution < -0.4 is 10.0 Å². The highest BCUT2D eigenvalue weighted by molar-refractivity contribution is 7.89. The van der Waals surface area contributed by atoms with Crippen molar-refractivity contribution in [3.8, 4) is 0 Å². The minimum absolute atomic E-state index is 0.205. The van der Waals surface area contributed by atoms with Crippen molar-refractivity contribution in [1.82, 2.24) is 10.0 Å². The number of rotatable bonds is 4. The van der Waals surface area contributed by atoms with E-state index in [-0.39, 0.29) is 16.0 Å². The number of nitro groups is 1. The number of benzene rings is 1. The average molecular weight is 354 g/mol. The molecule has 0 aliphatic carbocycles. The van der Waals surface area contributed by atoms with E-state index in [1.54, 1.807) is 0 Å². The molecule has 1 aromatic rings. The van der Waals surface area contributed by atoms with Gasteiger partial charge in [-0.1, -0.05) is 23.2 Å². The third-order valence-electron chi connectivity index (χ3n) is 3.12. The molecule has 0 saturated carbocycles. The van der Waals surface area contributed by atoms with Gasteiger partial charge in [-0.2, -0.15) is 0 Å². The maximum atomic E-state index is 12.3. The Bertz CT molecular complexity index is 660. The fourth-order valence-electron chi connectivity index (χ4n) is 2.13. The van der Waals surface area contributed by atoms with Crippen molar-refractivity contribution in [2.75, 3.05) is 13.1 Å². The van der Waals surface area contributed by atoms with Crippen LogP contribution in [0.3, 0.4) is 0 Å². The van der Waals surface area contributed by atoms with Crippen molar-refractivity contribution >= 4 is 38.9 Å². The Morgan fingerprint density at radius 1 is 1.38 bits per heavy atom. The molecule has 1 aliphatic heterocycles. The molecule has 1 aromatic carbocycles. The lowest BCUT2D eigenvalue weighted by Crippen LogP contribution is -2.45. The van der Waals surface area contributed by atoms with Crippen molar-refractivity contribution in [3.63, 3.8) is 0 Å². The summed E-state index contributed by atoms with van der Waals surface area (Å²) >= 11 is 11.5. The summed E-state index contributed by atoms with van der Waals surface area (Å²) in [6, 6.07) is 2.05. The van der Waals surface area contributed by atoms with Crippen molar-refractivity contribution in [1.29, 1.82) is 0 Å². The maximum absolute atomic E-state index is 12.3. The number of sulfonamides is 1. The number of nitrogens with one attached hydrogen (secondary N) is 2. The summed E-state index contributed by atoms with van der Waals surface area (Å²) in [4.78, 5) is 9.78. The Morgan fingerprint density at radius 3 is 2.67 bits per heavy atom. The van der Waals surface area contributed by atoms with Gasteiger partial charge in [0, 0.05) is 12.6 Å². The van der Waals surface area contributed by atoms with Crippen LogP contribution in [0.2, 0.25) is 10.0 Å². The van der Waals surface area contributed by atoms with Crippen LogP contribution in [0, 0.1) is 10.1 Å². The van der Waals surface area contributed by atoms with Crippen LogP contribution in [0.4, 0.5) is 5.69 Å². The predicted octanol–water partition coefficient (Wildman–Crippen LogP) is 1.93. The van der Waals surface area contributed by atoms with Gasteiger partial charge in [0.05, 0.1) is 4.92 Å². The molecule has 2 N–H and O–H groups in total. The van der Waals surface area contributed by atoms with Crippen LogP contribution in [-0.2, 0) is 10.0 Å². The molecule has 1 atom stereocenters. The molecular formula is C11H13Cl2N3O4S. The van der Waals surface area contributed by atoms with Gasteiger partial charge in [-0.25, -0.2) is 13.1 Å². The molecule has 7 nitrogen and oxygen atoms in total. The van der Waals surface area contributed by atoms with Crippen molar-refractivity contribution in [2.24, 2.45) is 0 Å². The first-order chi connectivity index (χ1) is 9.83. The van der Waals surface area contributed by atoms with Gasteiger partial charge in [0.1, 0.15) is 14.9 Å². The standard InChI is InChI=1S/C11H13Cl2N3O4S/c12-8-3-4-9(10(13)11(8)16(17)18)21(19,20)15-7-2-1-5-14-6-7/h3-4,7,14-15H,1-2,5-6H2/t7-/m1/s1. The van der Waals surface area contributed by atoms with Gasteiger partial charge in [-0.05, 0) is 31.5 Å². The number of nitro benzene ring substituents is 1. The molecule has 0 unspecified atom stereocenters. The van der Waals surface area contributed by atoms with Crippen LogP contribution in [0.1, 0.15) is 12.8 Å². The third-order valence-corrected chi connectivity index (χ3v) is 5.48. The summed E-state index contributed by atoms with van der Waals surface area (Å²) in [5.74, 6) is 0. The first-order valence-electron chi connectivity index (χ1n) is 6.18. The number of piperidine rings is 1. The van der Waals surface area contributed by atoms with E-state index < -0.39 is 25.7 Å². The normalized spacial score (nSPS) is 19.4. The van der Waals surface area contributed by atoms with Crippen molar-refractivity contribution in [2.45, 2.75) is 23.8 Å². The van der Waals surface area contributed by atoms with E-state index in [4.69, 9.17) is 23.2 Å². The SMILES string of the molecule is O=[N+]([O-])c1c(Cl)ccc(S(=O)(=O)N[C@@H]2CCCNC2)c1Cl. The van der Waals surface area contributed by atoms with Crippen LogP contribution in [0.15, 0.2) is 17.0 Å². The second-order valence-electron chi connectivity index (χ2n) is 4.63. The van der Waals surface area contributed by atoms with Crippen molar-refractivity contribution in [3.05, 3.63) is 32.3 Å². The molecule has 21 heavy (non-hydrogen) atoms. The first kappa shape index (κ1) is 16.4. The van der Waals surface area contributed by atoms with Gasteiger partial charge in [-0.15, -0.1) is 0 Å². The molecule has 1 heterocycles. The van der Waals surface area contributed by atoms with E-state index in [0.29, 0.717) is 13.0 Å². The van der Waals surface area contributed by atoms with E-state index in [1.165, 1.54) is 0 Å². The lowest BCUT2D eigenvalue weighted by atomic mass is 10.1. The van der Waals surface area contributed by atoms with Crippen LogP contribution in [-0.4, -0.2) is 32.5 Å². The molecule has 0 bridgehead atoms. The quantitative estimate of drug-likeness (QED) is 0.636. The van der Waals surface area contributed by atoms with Crippen molar-refractivity contribution < 1.29 is 13.3 Å². The summed E-state index contributed by atoms with van der Waals surface area (Å²) in [5.41, 5.74) is -0.608. The number of hydrogen-bond donors (Lipinski definition) is 2. The topological polar surface area (TPSA) is 101 Å². The molecule has 0 radical (unpaired) electrons. The molecule has 10 heteroatoms. The number of nitrogens with zero attached hydrogens (tertiary/aromatic N) is 1. The lowest BCUT2D eigenvalue weighted by Gasteiger charge is -2.23. The highest BCUT2D eigenvalue weighted by Gasteiger charge is 2.29. The smallest absolute Gasteiger partial charge is 0.307 e. The van der Waals surface area contributed by atoms with Gasteiger partial charge in [-0.3, -0.25) is 10.1 Å². The highest BCUT2D eigenvalue weighted by atomic mass is 35.5. The van der Waals surface area contributed by atoms with E-state index in [0.717, 1.165) is 25.1 Å². The monoisotopic (exact) mass is 353 g/mol. The van der Waals surface area contributed by atoms with Gasteiger partial charge < -0.3 is 5.32 Å². The Hall–Kier alpha value is -0.930. The van der Waals surface area contributed by atoms with Crippen LogP contribution in [0.25, 0.3) is 0 Å². The van der Waals surface area contributed by atoms with Gasteiger partial charge in [0.25, 0.3) is 0 Å². The highest BCUT2D eigenvalue weighted by Crippen LogP contribution is 2.37. The zero-order valence-electron chi connectivity index (χ0n) is 10.8. The average Bonchev–Trinajstić information content (AvgIpc) is 2.38. The summed E-state index contributed by atoms with van der Waals surface area (Å²) in [7, 11) is -3.95. The minimum atomic E-state index is -3.95. The molecule has 0 aromatic heterocycles. The molecule has 1 saturated heterocycles. The zero-order chi connectivity index (χ0) is 15.6. The summed E-state index contributed by atoms with van der Waals surface area (Å²) < 4.78 is 27.1. The summed E-state index contributed by atoms with van der Waals surface area (Å²) in [6.07, 6.45) is 1.54. The third kappa shape index (κ3) is 3.64. The Kier molecular flexibility index (Phi) is 5.05. The van der Waals surface area contributed by atoms with Crippen LogP contribution in [0.5, 0.6) is 0 Å². The van der Waals surface area contributed by atoms with E-state index in [9.17, 15) is 18.5 Å². The largest absolute Gasteiger partial charge is 0.315 e. The fourth-order valence-corrected chi connectivity index (χ4v) is 4.29. The molecular weight excluding hydrogens is 341 g/mol. The Morgan fingerprint density at radius 2 is 2.10 bits per heavy atom.